The molecule has 14 heteroatoms. The molecule has 5 nitrogen and oxygen atoms in total. The van der Waals surface area contributed by atoms with Crippen molar-refractivity contribution in [3.05, 3.63) is 33.0 Å². The standard InChI is InChI=1S/C13H4Cl3F6N5/c1-27-4(6-5(14)8(15)25-11(16)23-6)2-3-7(12(17,18)19)24-10(13(20,21)22)26-9(3)27/h2H,1H3. The summed E-state index contributed by atoms with van der Waals surface area (Å²) < 4.78 is 79.6. The molecular weight excluding hydrogens is 447 g/mol. The molecule has 0 aliphatic rings. The second-order valence-electron chi connectivity index (χ2n) is 5.16. The lowest BCUT2D eigenvalue weighted by Gasteiger charge is -2.11. The molecule has 3 aromatic heterocycles. The molecule has 144 valence electrons. The van der Waals surface area contributed by atoms with E-state index in [2.05, 4.69) is 19.9 Å². The zero-order chi connectivity index (χ0) is 20.3. The number of hydrogen-bond acceptors (Lipinski definition) is 4. The van der Waals surface area contributed by atoms with E-state index in [-0.39, 0.29) is 26.8 Å². The molecule has 0 spiro atoms. The van der Waals surface area contributed by atoms with Gasteiger partial charge >= 0.3 is 12.4 Å². The number of rotatable bonds is 1. The Morgan fingerprint density at radius 3 is 2.07 bits per heavy atom. The van der Waals surface area contributed by atoms with Crippen molar-refractivity contribution >= 4 is 45.8 Å². The fourth-order valence-electron chi connectivity index (χ4n) is 2.33. The van der Waals surface area contributed by atoms with Gasteiger partial charge in [0.1, 0.15) is 16.4 Å². The van der Waals surface area contributed by atoms with E-state index in [1.54, 1.807) is 0 Å². The van der Waals surface area contributed by atoms with Crippen molar-refractivity contribution in [2.75, 3.05) is 0 Å². The monoisotopic (exact) mass is 449 g/mol. The average molecular weight is 451 g/mol. The molecule has 0 radical (unpaired) electrons. The van der Waals surface area contributed by atoms with Crippen molar-refractivity contribution in [2.24, 2.45) is 7.05 Å². The minimum absolute atomic E-state index is 0.111. The van der Waals surface area contributed by atoms with Crippen molar-refractivity contribution in [3.8, 4) is 11.4 Å². The molecule has 0 aromatic carbocycles. The van der Waals surface area contributed by atoms with E-state index in [0.29, 0.717) is 0 Å². The van der Waals surface area contributed by atoms with Crippen LogP contribution in [0.15, 0.2) is 6.07 Å². The van der Waals surface area contributed by atoms with E-state index in [1.807, 2.05) is 0 Å². The van der Waals surface area contributed by atoms with Crippen molar-refractivity contribution in [1.29, 1.82) is 0 Å². The molecule has 0 aliphatic carbocycles. The lowest BCUT2D eigenvalue weighted by atomic mass is 10.2. The molecule has 3 rings (SSSR count). The number of halogens is 9. The summed E-state index contributed by atoms with van der Waals surface area (Å²) in [5.41, 5.74) is -2.66. The van der Waals surface area contributed by atoms with E-state index in [0.717, 1.165) is 10.6 Å². The molecule has 0 atom stereocenters. The summed E-state index contributed by atoms with van der Waals surface area (Å²) in [6.07, 6.45) is -10.3. The molecular formula is C13H4Cl3F6N5. The molecule has 3 heterocycles. The van der Waals surface area contributed by atoms with Crippen molar-refractivity contribution < 1.29 is 26.3 Å². The second-order valence-corrected chi connectivity index (χ2v) is 6.24. The smallest absolute Gasteiger partial charge is 0.327 e. The third-order valence-corrected chi connectivity index (χ3v) is 4.33. The maximum atomic E-state index is 13.3. The molecule has 27 heavy (non-hydrogen) atoms. The van der Waals surface area contributed by atoms with Crippen LogP contribution < -0.4 is 0 Å². The van der Waals surface area contributed by atoms with Gasteiger partial charge in [0.05, 0.1) is 11.1 Å². The Kier molecular flexibility index (Phi) is 4.68. The number of alkyl halides is 6. The number of aromatic nitrogens is 5. The third kappa shape index (κ3) is 3.50. The van der Waals surface area contributed by atoms with Crippen molar-refractivity contribution in [2.45, 2.75) is 12.4 Å². The Morgan fingerprint density at radius 1 is 0.889 bits per heavy atom. The Balaban J connectivity index is 2.41. The highest BCUT2D eigenvalue weighted by Gasteiger charge is 2.42. The summed E-state index contributed by atoms with van der Waals surface area (Å²) in [6.45, 7) is 0. The van der Waals surface area contributed by atoms with Crippen molar-refractivity contribution in [3.63, 3.8) is 0 Å². The van der Waals surface area contributed by atoms with E-state index in [4.69, 9.17) is 34.8 Å². The maximum absolute atomic E-state index is 13.3. The first kappa shape index (κ1) is 19.9. The fraction of sp³-hybridized carbons (Fsp3) is 0.231. The summed E-state index contributed by atoms with van der Waals surface area (Å²) in [7, 11) is 1.19. The van der Waals surface area contributed by atoms with Crippen LogP contribution in [0, 0.1) is 0 Å². The van der Waals surface area contributed by atoms with Crippen LogP contribution in [0.5, 0.6) is 0 Å². The largest absolute Gasteiger partial charge is 0.451 e. The van der Waals surface area contributed by atoms with Gasteiger partial charge in [-0.2, -0.15) is 26.3 Å². The van der Waals surface area contributed by atoms with Gasteiger partial charge in [0.2, 0.25) is 11.1 Å². The van der Waals surface area contributed by atoms with Gasteiger partial charge in [0, 0.05) is 7.05 Å². The molecule has 0 aliphatic heterocycles. The van der Waals surface area contributed by atoms with Gasteiger partial charge in [-0.15, -0.1) is 0 Å². The van der Waals surface area contributed by atoms with Crippen LogP contribution >= 0.6 is 34.8 Å². The molecule has 0 N–H and O–H groups in total. The van der Waals surface area contributed by atoms with E-state index >= 15 is 0 Å². The second kappa shape index (κ2) is 6.35. The topological polar surface area (TPSA) is 56.5 Å². The molecule has 0 unspecified atom stereocenters. The van der Waals surface area contributed by atoms with Gasteiger partial charge < -0.3 is 4.57 Å². The normalized spacial score (nSPS) is 12.8. The van der Waals surface area contributed by atoms with Gasteiger partial charge in [-0.1, -0.05) is 23.2 Å². The SMILES string of the molecule is Cn1c(-c2nc(Cl)nc(Cl)c2Cl)cc2c(C(F)(F)F)nc(C(F)(F)F)nc21. The van der Waals surface area contributed by atoms with Crippen molar-refractivity contribution in [1.82, 2.24) is 24.5 Å². The van der Waals surface area contributed by atoms with Crippen LogP contribution in [0.4, 0.5) is 26.3 Å². The van der Waals surface area contributed by atoms with E-state index in [1.165, 1.54) is 7.05 Å². The fourth-order valence-corrected chi connectivity index (χ4v) is 2.89. The summed E-state index contributed by atoms with van der Waals surface area (Å²) in [5.74, 6) is -1.93. The van der Waals surface area contributed by atoms with Gasteiger partial charge in [-0.3, -0.25) is 0 Å². The van der Waals surface area contributed by atoms with Crippen LogP contribution in [-0.4, -0.2) is 24.5 Å². The first-order valence-corrected chi connectivity index (χ1v) is 7.85. The predicted octanol–water partition coefficient (Wildman–Crippen LogP) is 5.42. The molecule has 0 saturated carbocycles. The summed E-state index contributed by atoms with van der Waals surface area (Å²) in [5, 5.41) is -1.56. The molecule has 0 saturated heterocycles. The Bertz CT molecular complexity index is 1060. The molecule has 0 fully saturated rings. The van der Waals surface area contributed by atoms with E-state index in [9.17, 15) is 26.3 Å². The predicted molar refractivity (Wildman–Crippen MR) is 84.6 cm³/mol. The number of hydrogen-bond donors (Lipinski definition) is 0. The van der Waals surface area contributed by atoms with Gasteiger partial charge in [0.15, 0.2) is 10.8 Å². The lowest BCUT2D eigenvalue weighted by molar-refractivity contribution is -0.151. The minimum Gasteiger partial charge on any atom is -0.327 e. The van der Waals surface area contributed by atoms with E-state index < -0.39 is 34.9 Å². The molecule has 0 amide bonds. The first-order chi connectivity index (χ1) is 12.3. The number of aryl methyl sites for hydroxylation is 1. The van der Waals surface area contributed by atoms with Crippen LogP contribution in [-0.2, 0) is 19.4 Å². The van der Waals surface area contributed by atoms with Crippen LogP contribution in [0.25, 0.3) is 22.4 Å². The summed E-state index contributed by atoms with van der Waals surface area (Å²) >= 11 is 17.4. The average Bonchev–Trinajstić information content (AvgIpc) is 2.85. The lowest BCUT2D eigenvalue weighted by Crippen LogP contribution is -2.17. The summed E-state index contributed by atoms with van der Waals surface area (Å²) in [6, 6.07) is 0.902. The van der Waals surface area contributed by atoms with Gasteiger partial charge in [-0.25, -0.2) is 19.9 Å². The highest BCUT2D eigenvalue weighted by molar-refractivity contribution is 6.43. The number of nitrogens with zero attached hydrogens (tertiary/aromatic N) is 5. The number of fused-ring (bicyclic) bond motifs is 1. The Hall–Kier alpha value is -1.85. The zero-order valence-corrected chi connectivity index (χ0v) is 15.0. The third-order valence-electron chi connectivity index (χ3n) is 3.43. The highest BCUT2D eigenvalue weighted by Crippen LogP contribution is 2.40. The Labute approximate surface area is 160 Å². The Morgan fingerprint density at radius 2 is 1.52 bits per heavy atom. The van der Waals surface area contributed by atoms with Crippen LogP contribution in [0.3, 0.4) is 0 Å². The van der Waals surface area contributed by atoms with Crippen LogP contribution in [0.2, 0.25) is 15.5 Å². The van der Waals surface area contributed by atoms with Crippen LogP contribution in [0.1, 0.15) is 11.5 Å². The molecule has 0 bridgehead atoms. The zero-order valence-electron chi connectivity index (χ0n) is 12.7. The minimum atomic E-state index is -5.18. The summed E-state index contributed by atoms with van der Waals surface area (Å²) in [4.78, 5) is 13.2. The molecule has 3 aromatic rings. The van der Waals surface area contributed by atoms with Gasteiger partial charge in [-0.05, 0) is 17.7 Å². The maximum Gasteiger partial charge on any atom is 0.451 e. The highest BCUT2D eigenvalue weighted by atomic mass is 35.5. The van der Waals surface area contributed by atoms with Gasteiger partial charge in [0.25, 0.3) is 0 Å². The quantitative estimate of drug-likeness (QED) is 0.282. The first-order valence-electron chi connectivity index (χ1n) is 6.71.